The van der Waals surface area contributed by atoms with Crippen molar-refractivity contribution >= 4 is 5.91 Å². The van der Waals surface area contributed by atoms with Crippen molar-refractivity contribution in [2.75, 3.05) is 13.1 Å². The van der Waals surface area contributed by atoms with Crippen LogP contribution < -0.4 is 0 Å². The van der Waals surface area contributed by atoms with E-state index >= 15 is 0 Å². The minimum absolute atomic E-state index is 0.0138. The fourth-order valence-corrected chi connectivity index (χ4v) is 3.52. The van der Waals surface area contributed by atoms with Gasteiger partial charge in [-0.15, -0.1) is 15.3 Å². The van der Waals surface area contributed by atoms with Crippen molar-refractivity contribution in [3.63, 3.8) is 0 Å². The molecule has 134 valence electrons. The van der Waals surface area contributed by atoms with Gasteiger partial charge in [-0.1, -0.05) is 30.3 Å². The average Bonchev–Trinajstić information content (AvgIpc) is 3.35. The summed E-state index contributed by atoms with van der Waals surface area (Å²) in [6.45, 7) is 1.36. The van der Waals surface area contributed by atoms with Crippen LogP contribution >= 0.6 is 0 Å². The molecule has 1 atom stereocenters. The quantitative estimate of drug-likeness (QED) is 0.689. The lowest BCUT2D eigenvalue weighted by Crippen LogP contribution is -2.42. The highest BCUT2D eigenvalue weighted by atomic mass is 16.2. The molecule has 0 unspecified atom stereocenters. The summed E-state index contributed by atoms with van der Waals surface area (Å²) in [5, 5.41) is 19.5. The van der Waals surface area contributed by atoms with Gasteiger partial charge in [0.2, 0.25) is 0 Å². The van der Waals surface area contributed by atoms with Crippen LogP contribution in [0, 0.1) is 0 Å². The predicted molar refractivity (Wildman–Crippen MR) is 92.0 cm³/mol. The first kappa shape index (κ1) is 16.4. The van der Waals surface area contributed by atoms with E-state index in [9.17, 15) is 4.79 Å². The summed E-state index contributed by atoms with van der Waals surface area (Å²) in [6, 6.07) is 9.07. The fourth-order valence-electron chi connectivity index (χ4n) is 3.52. The third-order valence-corrected chi connectivity index (χ3v) is 4.90. The Bertz CT molecular complexity index is 852. The summed E-state index contributed by atoms with van der Waals surface area (Å²) in [5.74, 6) is 1.33. The first-order valence-electron chi connectivity index (χ1n) is 8.64. The molecule has 1 saturated heterocycles. The van der Waals surface area contributed by atoms with Crippen LogP contribution in [0.25, 0.3) is 0 Å². The second kappa shape index (κ2) is 7.03. The summed E-state index contributed by atoms with van der Waals surface area (Å²) in [7, 11) is 1.95. The van der Waals surface area contributed by atoms with Crippen molar-refractivity contribution in [3.05, 3.63) is 54.4 Å². The number of tetrazole rings is 1. The number of piperidine rings is 1. The van der Waals surface area contributed by atoms with Crippen LogP contribution in [0.5, 0.6) is 0 Å². The third kappa shape index (κ3) is 3.07. The maximum Gasteiger partial charge on any atom is 0.252 e. The number of carbonyl (C=O) groups is 1. The first-order valence-corrected chi connectivity index (χ1v) is 8.64. The minimum Gasteiger partial charge on any atom is -0.340 e. The number of nitrogens with zero attached hydrogens (tertiary/aromatic N) is 8. The zero-order valence-electron chi connectivity index (χ0n) is 14.5. The molecule has 2 aromatic heterocycles. The molecule has 1 aliphatic rings. The van der Waals surface area contributed by atoms with E-state index in [1.165, 1.54) is 11.0 Å². The third-order valence-electron chi connectivity index (χ3n) is 4.90. The van der Waals surface area contributed by atoms with Crippen LogP contribution in [0.1, 0.15) is 36.2 Å². The topological polar surface area (TPSA) is 94.6 Å². The van der Waals surface area contributed by atoms with Crippen LogP contribution in [-0.2, 0) is 11.8 Å². The van der Waals surface area contributed by atoms with E-state index in [4.69, 9.17) is 0 Å². The number of rotatable bonds is 4. The minimum atomic E-state index is -0.544. The molecule has 26 heavy (non-hydrogen) atoms. The standard InChI is InChI=1S/C17H20N8O/c1-23-11-18-20-16(23)14-7-9-24(10-8-14)17(26)15(25-12-19-21-22-25)13-5-3-2-4-6-13/h2-6,11-12,14-15H,7-10H2,1H3/t15-/m1/s1. The highest BCUT2D eigenvalue weighted by molar-refractivity contribution is 5.83. The molecule has 3 aromatic rings. The van der Waals surface area contributed by atoms with Crippen molar-refractivity contribution in [1.29, 1.82) is 0 Å². The Labute approximate surface area is 150 Å². The number of likely N-dealkylation sites (tertiary alicyclic amines) is 1. The van der Waals surface area contributed by atoms with Crippen LogP contribution in [0.4, 0.5) is 0 Å². The number of benzene rings is 1. The van der Waals surface area contributed by atoms with E-state index in [2.05, 4.69) is 25.7 Å². The highest BCUT2D eigenvalue weighted by Crippen LogP contribution is 2.28. The van der Waals surface area contributed by atoms with Gasteiger partial charge in [0.05, 0.1) is 0 Å². The maximum absolute atomic E-state index is 13.2. The smallest absolute Gasteiger partial charge is 0.252 e. The number of carbonyl (C=O) groups excluding carboxylic acids is 1. The van der Waals surface area contributed by atoms with Crippen molar-refractivity contribution in [1.82, 2.24) is 39.9 Å². The predicted octanol–water partition coefficient (Wildman–Crippen LogP) is 0.797. The normalized spacial score (nSPS) is 16.6. The molecule has 0 spiro atoms. The van der Waals surface area contributed by atoms with Crippen LogP contribution in [0.15, 0.2) is 43.0 Å². The SMILES string of the molecule is Cn1cnnc1C1CCN(C(=O)[C@@H](c2ccccc2)n2cnnn2)CC1. The molecule has 1 aromatic carbocycles. The zero-order valence-corrected chi connectivity index (χ0v) is 14.5. The van der Waals surface area contributed by atoms with Gasteiger partial charge in [0.25, 0.3) is 5.91 Å². The summed E-state index contributed by atoms with van der Waals surface area (Å²) in [6.07, 6.45) is 4.95. The lowest BCUT2D eigenvalue weighted by molar-refractivity contribution is -0.135. The molecule has 0 aliphatic carbocycles. The fraction of sp³-hybridized carbons (Fsp3) is 0.412. The number of aromatic nitrogens is 7. The second-order valence-corrected chi connectivity index (χ2v) is 6.50. The molecular formula is C17H20N8O. The van der Waals surface area contributed by atoms with Gasteiger partial charge >= 0.3 is 0 Å². The molecule has 9 nitrogen and oxygen atoms in total. The molecule has 4 rings (SSSR count). The van der Waals surface area contributed by atoms with E-state index in [0.717, 1.165) is 24.2 Å². The Morgan fingerprint density at radius 1 is 1.12 bits per heavy atom. The Hall–Kier alpha value is -3.10. The maximum atomic E-state index is 13.2. The summed E-state index contributed by atoms with van der Waals surface area (Å²) in [5.41, 5.74) is 0.875. The monoisotopic (exact) mass is 352 g/mol. The molecule has 1 fully saturated rings. The van der Waals surface area contributed by atoms with Crippen molar-refractivity contribution in [2.45, 2.75) is 24.8 Å². The van der Waals surface area contributed by atoms with Gasteiger partial charge in [0, 0.05) is 26.1 Å². The molecule has 1 amide bonds. The van der Waals surface area contributed by atoms with E-state index in [1.54, 1.807) is 6.33 Å². The van der Waals surface area contributed by atoms with E-state index < -0.39 is 6.04 Å². The largest absolute Gasteiger partial charge is 0.340 e. The van der Waals surface area contributed by atoms with Gasteiger partial charge in [-0.05, 0) is 28.8 Å². The Balaban J connectivity index is 1.52. The number of hydrogen-bond donors (Lipinski definition) is 0. The molecule has 1 aliphatic heterocycles. The van der Waals surface area contributed by atoms with Gasteiger partial charge in [-0.25, -0.2) is 4.68 Å². The lowest BCUT2D eigenvalue weighted by atomic mass is 9.95. The van der Waals surface area contributed by atoms with E-state index in [-0.39, 0.29) is 5.91 Å². The molecule has 0 N–H and O–H groups in total. The number of amides is 1. The molecular weight excluding hydrogens is 332 g/mol. The molecule has 0 bridgehead atoms. The summed E-state index contributed by atoms with van der Waals surface area (Å²) >= 11 is 0. The van der Waals surface area contributed by atoms with Crippen molar-refractivity contribution < 1.29 is 4.79 Å². The van der Waals surface area contributed by atoms with Gasteiger partial charge in [0.1, 0.15) is 18.5 Å². The number of aryl methyl sites for hydroxylation is 1. The summed E-state index contributed by atoms with van der Waals surface area (Å²) < 4.78 is 3.47. The zero-order chi connectivity index (χ0) is 17.9. The Kier molecular flexibility index (Phi) is 4.42. The van der Waals surface area contributed by atoms with Crippen molar-refractivity contribution in [3.8, 4) is 0 Å². The molecule has 0 radical (unpaired) electrons. The second-order valence-electron chi connectivity index (χ2n) is 6.50. The molecule has 0 saturated carbocycles. The number of hydrogen-bond acceptors (Lipinski definition) is 6. The van der Waals surface area contributed by atoms with Gasteiger partial charge in [0.15, 0.2) is 6.04 Å². The van der Waals surface area contributed by atoms with Gasteiger partial charge < -0.3 is 9.47 Å². The first-order chi connectivity index (χ1) is 12.7. The van der Waals surface area contributed by atoms with Crippen LogP contribution in [0.3, 0.4) is 0 Å². The highest BCUT2D eigenvalue weighted by Gasteiger charge is 2.32. The lowest BCUT2D eigenvalue weighted by Gasteiger charge is -2.33. The molecule has 3 heterocycles. The van der Waals surface area contributed by atoms with E-state index in [0.29, 0.717) is 19.0 Å². The summed E-state index contributed by atoms with van der Waals surface area (Å²) in [4.78, 5) is 15.1. The Morgan fingerprint density at radius 3 is 2.50 bits per heavy atom. The van der Waals surface area contributed by atoms with Crippen LogP contribution in [0.2, 0.25) is 0 Å². The van der Waals surface area contributed by atoms with Gasteiger partial charge in [-0.3, -0.25) is 4.79 Å². The average molecular weight is 352 g/mol. The van der Waals surface area contributed by atoms with E-state index in [1.807, 2.05) is 46.8 Å². The van der Waals surface area contributed by atoms with Gasteiger partial charge in [-0.2, -0.15) is 0 Å². The molecule has 9 heteroatoms. The Morgan fingerprint density at radius 2 is 1.88 bits per heavy atom. The van der Waals surface area contributed by atoms with Crippen LogP contribution in [-0.4, -0.2) is 58.9 Å². The van der Waals surface area contributed by atoms with Crippen molar-refractivity contribution in [2.24, 2.45) is 7.05 Å².